The molecule has 5 nitrogen and oxygen atoms in total. The average molecular weight is 381 g/mol. The summed E-state index contributed by atoms with van der Waals surface area (Å²) < 4.78 is 2.60. The van der Waals surface area contributed by atoms with Crippen LogP contribution in [0.4, 0.5) is 5.69 Å². The van der Waals surface area contributed by atoms with Crippen molar-refractivity contribution >= 4 is 27.5 Å². The Bertz CT molecular complexity index is 956. The molecule has 0 radical (unpaired) electrons. The standard InChI is InChI=1S/C18H13BrN4O/c1-12-8-13(9-20)6-7-15(12)18(24)22-14-10-21-23(11-14)17-5-3-2-4-16(17)19/h2-8,10-11H,1H3,(H,22,24). The Balaban J connectivity index is 1.81. The molecule has 0 aliphatic rings. The number of nitriles is 1. The number of anilines is 1. The number of hydrogen-bond acceptors (Lipinski definition) is 3. The van der Waals surface area contributed by atoms with Gasteiger partial charge in [0, 0.05) is 10.0 Å². The molecule has 24 heavy (non-hydrogen) atoms. The molecule has 0 spiro atoms. The quantitative estimate of drug-likeness (QED) is 0.744. The Morgan fingerprint density at radius 2 is 2.08 bits per heavy atom. The molecule has 0 saturated carbocycles. The van der Waals surface area contributed by atoms with E-state index in [1.807, 2.05) is 24.3 Å². The first-order chi connectivity index (χ1) is 11.6. The summed E-state index contributed by atoms with van der Waals surface area (Å²) in [4.78, 5) is 12.4. The maximum absolute atomic E-state index is 12.4. The summed E-state index contributed by atoms with van der Waals surface area (Å²) in [6, 6.07) is 14.7. The van der Waals surface area contributed by atoms with Crippen LogP contribution in [0.15, 0.2) is 59.3 Å². The molecule has 0 aliphatic carbocycles. The highest BCUT2D eigenvalue weighted by molar-refractivity contribution is 9.10. The molecular formula is C18H13BrN4O. The highest BCUT2D eigenvalue weighted by atomic mass is 79.9. The normalized spacial score (nSPS) is 10.2. The third-order valence-electron chi connectivity index (χ3n) is 3.54. The molecule has 2 aromatic carbocycles. The summed E-state index contributed by atoms with van der Waals surface area (Å²) in [6.07, 6.45) is 3.34. The lowest BCUT2D eigenvalue weighted by molar-refractivity contribution is 0.102. The van der Waals surface area contributed by atoms with Gasteiger partial charge in [0.05, 0.1) is 35.4 Å². The molecule has 0 fully saturated rings. The van der Waals surface area contributed by atoms with Gasteiger partial charge in [-0.3, -0.25) is 4.79 Å². The molecule has 1 heterocycles. The van der Waals surface area contributed by atoms with E-state index in [2.05, 4.69) is 32.4 Å². The van der Waals surface area contributed by atoms with Crippen molar-refractivity contribution in [3.05, 3.63) is 76.0 Å². The maximum atomic E-state index is 12.4. The fourth-order valence-electron chi connectivity index (χ4n) is 2.34. The zero-order chi connectivity index (χ0) is 17.1. The van der Waals surface area contributed by atoms with Gasteiger partial charge in [0.2, 0.25) is 0 Å². The molecular weight excluding hydrogens is 368 g/mol. The topological polar surface area (TPSA) is 70.7 Å². The van der Waals surface area contributed by atoms with Crippen LogP contribution in [0.3, 0.4) is 0 Å². The lowest BCUT2D eigenvalue weighted by atomic mass is 10.1. The average Bonchev–Trinajstić information content (AvgIpc) is 3.03. The molecule has 1 N–H and O–H groups in total. The van der Waals surface area contributed by atoms with Gasteiger partial charge in [-0.05, 0) is 58.7 Å². The van der Waals surface area contributed by atoms with Crippen LogP contribution < -0.4 is 5.32 Å². The lowest BCUT2D eigenvalue weighted by Gasteiger charge is -2.06. The number of aromatic nitrogens is 2. The highest BCUT2D eigenvalue weighted by Gasteiger charge is 2.12. The van der Waals surface area contributed by atoms with Crippen LogP contribution in [0.1, 0.15) is 21.5 Å². The van der Waals surface area contributed by atoms with E-state index in [9.17, 15) is 4.79 Å². The minimum atomic E-state index is -0.233. The van der Waals surface area contributed by atoms with E-state index in [4.69, 9.17) is 5.26 Å². The molecule has 0 bridgehead atoms. The van der Waals surface area contributed by atoms with Gasteiger partial charge in [-0.15, -0.1) is 0 Å². The Hall–Kier alpha value is -2.91. The predicted octanol–water partition coefficient (Wildman–Crippen LogP) is 4.07. The fourth-order valence-corrected chi connectivity index (χ4v) is 2.81. The molecule has 0 saturated heterocycles. The van der Waals surface area contributed by atoms with Crippen LogP contribution >= 0.6 is 15.9 Å². The number of amides is 1. The van der Waals surface area contributed by atoms with Crippen molar-refractivity contribution < 1.29 is 4.79 Å². The van der Waals surface area contributed by atoms with E-state index in [0.717, 1.165) is 15.7 Å². The maximum Gasteiger partial charge on any atom is 0.256 e. The summed E-state index contributed by atoms with van der Waals surface area (Å²) in [6.45, 7) is 1.81. The van der Waals surface area contributed by atoms with Crippen molar-refractivity contribution in [3.63, 3.8) is 0 Å². The summed E-state index contributed by atoms with van der Waals surface area (Å²) in [5.41, 5.74) is 3.30. The second-order valence-corrected chi connectivity index (χ2v) is 6.07. The van der Waals surface area contributed by atoms with E-state index in [1.54, 1.807) is 42.2 Å². The summed E-state index contributed by atoms with van der Waals surface area (Å²) in [5, 5.41) is 16.0. The molecule has 0 aliphatic heterocycles. The number of carbonyl (C=O) groups is 1. The van der Waals surface area contributed by atoms with Crippen LogP contribution in [0.25, 0.3) is 5.69 Å². The molecule has 3 aromatic rings. The van der Waals surface area contributed by atoms with Gasteiger partial charge in [0.1, 0.15) is 0 Å². The van der Waals surface area contributed by atoms with Crippen LogP contribution in [0.5, 0.6) is 0 Å². The number of aryl methyl sites for hydroxylation is 1. The van der Waals surface area contributed by atoms with Crippen molar-refractivity contribution in [2.24, 2.45) is 0 Å². The van der Waals surface area contributed by atoms with Crippen molar-refractivity contribution in [3.8, 4) is 11.8 Å². The monoisotopic (exact) mass is 380 g/mol. The fraction of sp³-hybridized carbons (Fsp3) is 0.0556. The van der Waals surface area contributed by atoms with Crippen LogP contribution in [-0.4, -0.2) is 15.7 Å². The SMILES string of the molecule is Cc1cc(C#N)ccc1C(=O)Nc1cnn(-c2ccccc2Br)c1. The number of nitrogens with one attached hydrogen (secondary N) is 1. The van der Waals surface area contributed by atoms with Crippen LogP contribution in [-0.2, 0) is 0 Å². The molecule has 6 heteroatoms. The number of hydrogen-bond donors (Lipinski definition) is 1. The van der Waals surface area contributed by atoms with Crippen LogP contribution in [0.2, 0.25) is 0 Å². The molecule has 1 aromatic heterocycles. The predicted molar refractivity (Wildman–Crippen MR) is 95.1 cm³/mol. The lowest BCUT2D eigenvalue weighted by Crippen LogP contribution is -2.13. The second kappa shape index (κ2) is 6.69. The number of rotatable bonds is 3. The number of para-hydroxylation sites is 1. The molecule has 0 atom stereocenters. The first-order valence-electron chi connectivity index (χ1n) is 7.20. The summed E-state index contributed by atoms with van der Waals surface area (Å²) in [7, 11) is 0. The van der Waals surface area contributed by atoms with Crippen molar-refractivity contribution in [2.45, 2.75) is 6.92 Å². The Morgan fingerprint density at radius 3 is 2.79 bits per heavy atom. The zero-order valence-corrected chi connectivity index (χ0v) is 14.4. The smallest absolute Gasteiger partial charge is 0.256 e. The molecule has 3 rings (SSSR count). The third kappa shape index (κ3) is 3.21. The minimum absolute atomic E-state index is 0.233. The molecule has 118 valence electrons. The summed E-state index contributed by atoms with van der Waals surface area (Å²) in [5.74, 6) is -0.233. The number of nitrogens with zero attached hydrogens (tertiary/aromatic N) is 3. The largest absolute Gasteiger partial charge is 0.319 e. The van der Waals surface area contributed by atoms with E-state index in [1.165, 1.54) is 0 Å². The Morgan fingerprint density at radius 1 is 1.29 bits per heavy atom. The van der Waals surface area contributed by atoms with Gasteiger partial charge in [-0.25, -0.2) is 4.68 Å². The van der Waals surface area contributed by atoms with E-state index in [0.29, 0.717) is 16.8 Å². The van der Waals surface area contributed by atoms with Gasteiger partial charge >= 0.3 is 0 Å². The van der Waals surface area contributed by atoms with Gasteiger partial charge in [-0.1, -0.05) is 12.1 Å². The second-order valence-electron chi connectivity index (χ2n) is 5.22. The van der Waals surface area contributed by atoms with Crippen LogP contribution in [0, 0.1) is 18.3 Å². The number of benzene rings is 2. The highest BCUT2D eigenvalue weighted by Crippen LogP contribution is 2.21. The van der Waals surface area contributed by atoms with Gasteiger partial charge < -0.3 is 5.32 Å². The summed E-state index contributed by atoms with van der Waals surface area (Å²) >= 11 is 3.48. The first-order valence-corrected chi connectivity index (χ1v) is 7.99. The van der Waals surface area contributed by atoms with Gasteiger partial charge in [0.25, 0.3) is 5.91 Å². The number of halogens is 1. The Kier molecular flexibility index (Phi) is 4.45. The minimum Gasteiger partial charge on any atom is -0.319 e. The molecule has 0 unspecified atom stereocenters. The van der Waals surface area contributed by atoms with E-state index in [-0.39, 0.29) is 5.91 Å². The number of carbonyl (C=O) groups excluding carboxylic acids is 1. The first kappa shape index (κ1) is 16.0. The van der Waals surface area contributed by atoms with E-state index < -0.39 is 0 Å². The zero-order valence-electron chi connectivity index (χ0n) is 12.8. The van der Waals surface area contributed by atoms with Crippen molar-refractivity contribution in [2.75, 3.05) is 5.32 Å². The molecule has 1 amide bonds. The van der Waals surface area contributed by atoms with Gasteiger partial charge in [0.15, 0.2) is 0 Å². The van der Waals surface area contributed by atoms with Crippen molar-refractivity contribution in [1.29, 1.82) is 5.26 Å². The third-order valence-corrected chi connectivity index (χ3v) is 4.21. The van der Waals surface area contributed by atoms with E-state index >= 15 is 0 Å². The van der Waals surface area contributed by atoms with Gasteiger partial charge in [-0.2, -0.15) is 10.4 Å². The van der Waals surface area contributed by atoms with Crippen molar-refractivity contribution in [1.82, 2.24) is 9.78 Å². The Labute approximate surface area is 147 Å².